The van der Waals surface area contributed by atoms with Crippen LogP contribution in [0.2, 0.25) is 0 Å². The first-order valence-corrected chi connectivity index (χ1v) is 10.7. The molecule has 4 rings (SSSR count). The van der Waals surface area contributed by atoms with E-state index in [4.69, 9.17) is 0 Å². The molecule has 3 aromatic carbocycles. The molecule has 0 bridgehead atoms. The predicted octanol–water partition coefficient (Wildman–Crippen LogP) is 7.62. The highest BCUT2D eigenvalue weighted by molar-refractivity contribution is 14.1. The van der Waals surface area contributed by atoms with Crippen LogP contribution in [0.5, 0.6) is 0 Å². The van der Waals surface area contributed by atoms with Crippen LogP contribution in [0.15, 0.2) is 97.1 Å². The smallest absolute Gasteiger partial charge is 0.119 e. The van der Waals surface area contributed by atoms with E-state index >= 15 is 0 Å². The van der Waals surface area contributed by atoms with E-state index in [1.54, 1.807) is 0 Å². The van der Waals surface area contributed by atoms with Gasteiger partial charge in [0.2, 0.25) is 0 Å². The van der Waals surface area contributed by atoms with Gasteiger partial charge in [0, 0.05) is 17.8 Å². The van der Waals surface area contributed by atoms with E-state index in [9.17, 15) is 0 Å². The Bertz CT molecular complexity index is 955. The van der Waals surface area contributed by atoms with Crippen LogP contribution < -0.4 is 4.90 Å². The maximum Gasteiger partial charge on any atom is 0.119 e. The molecule has 1 aliphatic carbocycles. The van der Waals surface area contributed by atoms with Gasteiger partial charge >= 0.3 is 0 Å². The van der Waals surface area contributed by atoms with Crippen LogP contribution in [0.1, 0.15) is 23.1 Å². The van der Waals surface area contributed by atoms with Crippen LogP contribution in [0.4, 0.5) is 11.4 Å². The van der Waals surface area contributed by atoms with E-state index in [-0.39, 0.29) is 3.55 Å². The molecule has 0 N–H and O–H groups in total. The first-order chi connectivity index (χ1) is 13.5. The van der Waals surface area contributed by atoms with Crippen molar-refractivity contribution in [3.05, 3.63) is 114 Å². The van der Waals surface area contributed by atoms with Crippen molar-refractivity contribution in [1.29, 1.82) is 0 Å². The standard InChI is InChI=1S/C26H24IN/c1-20-8-12-24(13-9-20)28(25-14-10-21(2)11-15-25)26(27)18-16-23(17-19-26)22-6-4-3-5-7-22/h3-18H,19H2,1-2H3. The van der Waals surface area contributed by atoms with Crippen LogP contribution >= 0.6 is 22.6 Å². The molecule has 2 heteroatoms. The lowest BCUT2D eigenvalue weighted by Gasteiger charge is -2.40. The van der Waals surface area contributed by atoms with Crippen LogP contribution in [0.3, 0.4) is 0 Å². The fourth-order valence-electron chi connectivity index (χ4n) is 3.58. The van der Waals surface area contributed by atoms with Gasteiger partial charge in [0.15, 0.2) is 0 Å². The van der Waals surface area contributed by atoms with Crippen molar-refractivity contribution < 1.29 is 0 Å². The summed E-state index contributed by atoms with van der Waals surface area (Å²) in [7, 11) is 0. The summed E-state index contributed by atoms with van der Waals surface area (Å²) >= 11 is 2.60. The zero-order valence-corrected chi connectivity index (χ0v) is 18.4. The number of alkyl halides is 1. The number of benzene rings is 3. The molecule has 0 fully saturated rings. The Kier molecular flexibility index (Phi) is 5.40. The molecule has 1 nitrogen and oxygen atoms in total. The molecular formula is C26H24IN. The second-order valence-electron chi connectivity index (χ2n) is 7.39. The molecule has 1 aliphatic rings. The molecule has 0 aromatic heterocycles. The Morgan fingerprint density at radius 1 is 0.750 bits per heavy atom. The highest BCUT2D eigenvalue weighted by Gasteiger charge is 2.34. The Labute approximate surface area is 181 Å². The fourth-order valence-corrected chi connectivity index (χ4v) is 4.54. The second kappa shape index (κ2) is 7.96. The molecule has 0 aliphatic heterocycles. The largest absolute Gasteiger partial charge is 0.323 e. The minimum Gasteiger partial charge on any atom is -0.323 e. The van der Waals surface area contributed by atoms with Crippen LogP contribution in [0, 0.1) is 13.8 Å². The van der Waals surface area contributed by atoms with Gasteiger partial charge in [0.1, 0.15) is 3.55 Å². The Balaban J connectivity index is 1.72. The van der Waals surface area contributed by atoms with E-state index in [1.165, 1.54) is 33.6 Å². The number of rotatable bonds is 4. The second-order valence-corrected chi connectivity index (χ2v) is 9.26. The van der Waals surface area contributed by atoms with E-state index in [1.807, 2.05) is 0 Å². The van der Waals surface area contributed by atoms with Crippen LogP contribution in [0.25, 0.3) is 5.57 Å². The van der Waals surface area contributed by atoms with Crippen molar-refractivity contribution in [2.45, 2.75) is 23.8 Å². The number of nitrogens with zero attached hydrogens (tertiary/aromatic N) is 1. The Hall–Kier alpha value is -2.33. The summed E-state index contributed by atoms with van der Waals surface area (Å²) in [5.41, 5.74) is 7.55. The molecule has 0 amide bonds. The summed E-state index contributed by atoms with van der Waals surface area (Å²) in [4.78, 5) is 2.45. The third-order valence-corrected chi connectivity index (χ3v) is 6.47. The summed E-state index contributed by atoms with van der Waals surface area (Å²) < 4.78 is -0.152. The van der Waals surface area contributed by atoms with E-state index in [0.29, 0.717) is 0 Å². The lowest BCUT2D eigenvalue weighted by atomic mass is 9.95. The number of hydrogen-bond donors (Lipinski definition) is 0. The van der Waals surface area contributed by atoms with Crippen LogP contribution in [-0.4, -0.2) is 3.55 Å². The highest BCUT2D eigenvalue weighted by Crippen LogP contribution is 2.44. The molecule has 0 saturated heterocycles. The van der Waals surface area contributed by atoms with Gasteiger partial charge in [-0.3, -0.25) is 0 Å². The quantitative estimate of drug-likeness (QED) is 0.212. The van der Waals surface area contributed by atoms with Gasteiger partial charge in [-0.15, -0.1) is 0 Å². The number of halogens is 1. The van der Waals surface area contributed by atoms with Crippen LogP contribution in [-0.2, 0) is 0 Å². The van der Waals surface area contributed by atoms with Gasteiger partial charge in [-0.25, -0.2) is 0 Å². The average molecular weight is 477 g/mol. The maximum absolute atomic E-state index is 2.60. The molecular weight excluding hydrogens is 453 g/mol. The minimum atomic E-state index is -0.152. The van der Waals surface area contributed by atoms with Gasteiger partial charge in [0.05, 0.1) is 0 Å². The first kappa shape index (κ1) is 19.0. The van der Waals surface area contributed by atoms with Gasteiger partial charge < -0.3 is 4.90 Å². The third-order valence-electron chi connectivity index (χ3n) is 5.19. The van der Waals surface area contributed by atoms with Crippen molar-refractivity contribution >= 4 is 39.5 Å². The normalized spacial score (nSPS) is 18.6. The summed E-state index contributed by atoms with van der Waals surface area (Å²) in [6.07, 6.45) is 7.91. The summed E-state index contributed by atoms with van der Waals surface area (Å²) in [5, 5.41) is 0. The summed E-state index contributed by atoms with van der Waals surface area (Å²) in [5.74, 6) is 0. The molecule has 28 heavy (non-hydrogen) atoms. The number of allylic oxidation sites excluding steroid dienone is 2. The van der Waals surface area contributed by atoms with E-state index < -0.39 is 0 Å². The number of hydrogen-bond acceptors (Lipinski definition) is 1. The van der Waals surface area contributed by atoms with Gasteiger partial charge in [-0.05, 0) is 77.9 Å². The summed E-state index contributed by atoms with van der Waals surface area (Å²) in [6.45, 7) is 4.27. The number of aryl methyl sites for hydroxylation is 2. The lowest BCUT2D eigenvalue weighted by Crippen LogP contribution is -2.39. The molecule has 140 valence electrons. The molecule has 0 radical (unpaired) electrons. The predicted molar refractivity (Wildman–Crippen MR) is 129 cm³/mol. The topological polar surface area (TPSA) is 3.24 Å². The highest BCUT2D eigenvalue weighted by atomic mass is 127. The molecule has 1 atom stereocenters. The lowest BCUT2D eigenvalue weighted by molar-refractivity contribution is 0.758. The van der Waals surface area contributed by atoms with Gasteiger partial charge in [-0.2, -0.15) is 0 Å². The molecule has 0 heterocycles. The fraction of sp³-hybridized carbons (Fsp3) is 0.154. The summed E-state index contributed by atoms with van der Waals surface area (Å²) in [6, 6.07) is 28.3. The number of anilines is 2. The van der Waals surface area contributed by atoms with Gasteiger partial charge in [-0.1, -0.05) is 77.9 Å². The van der Waals surface area contributed by atoms with E-state index in [0.717, 1.165) is 6.42 Å². The van der Waals surface area contributed by atoms with Crippen molar-refractivity contribution in [2.24, 2.45) is 0 Å². The van der Waals surface area contributed by atoms with Crippen molar-refractivity contribution in [3.8, 4) is 0 Å². The SMILES string of the molecule is Cc1ccc(N(c2ccc(C)cc2)C2(I)C=CC(c3ccccc3)=CC2)cc1. The molecule has 1 unspecified atom stereocenters. The zero-order valence-electron chi connectivity index (χ0n) is 16.3. The van der Waals surface area contributed by atoms with Crippen molar-refractivity contribution in [3.63, 3.8) is 0 Å². The van der Waals surface area contributed by atoms with Crippen molar-refractivity contribution in [1.82, 2.24) is 0 Å². The Morgan fingerprint density at radius 2 is 1.29 bits per heavy atom. The zero-order chi connectivity index (χ0) is 19.6. The van der Waals surface area contributed by atoms with Gasteiger partial charge in [0.25, 0.3) is 0 Å². The molecule has 3 aromatic rings. The average Bonchev–Trinajstić information content (AvgIpc) is 2.72. The molecule has 0 saturated carbocycles. The third kappa shape index (κ3) is 3.93. The maximum atomic E-state index is 2.60. The minimum absolute atomic E-state index is 0.152. The van der Waals surface area contributed by atoms with E-state index in [2.05, 4.69) is 138 Å². The first-order valence-electron chi connectivity index (χ1n) is 9.62. The molecule has 0 spiro atoms. The monoisotopic (exact) mass is 477 g/mol. The Morgan fingerprint density at radius 3 is 1.75 bits per heavy atom. The van der Waals surface area contributed by atoms with Crippen molar-refractivity contribution in [2.75, 3.05) is 4.90 Å².